The minimum atomic E-state index is -1.04. The molecule has 2 aliphatic rings. The van der Waals surface area contributed by atoms with Crippen molar-refractivity contribution in [3.8, 4) is 0 Å². The van der Waals surface area contributed by atoms with E-state index in [0.717, 1.165) is 10.9 Å². The summed E-state index contributed by atoms with van der Waals surface area (Å²) < 4.78 is 0. The molecule has 154 valence electrons. The van der Waals surface area contributed by atoms with Crippen molar-refractivity contribution in [2.24, 2.45) is 0 Å². The highest BCUT2D eigenvalue weighted by atomic mass is 16.4. The molecule has 0 aliphatic carbocycles. The van der Waals surface area contributed by atoms with Gasteiger partial charge in [0.1, 0.15) is 6.04 Å². The number of piperidine rings is 1. The van der Waals surface area contributed by atoms with Crippen molar-refractivity contribution in [1.82, 2.24) is 10.6 Å². The van der Waals surface area contributed by atoms with Crippen LogP contribution in [0.25, 0.3) is 10.8 Å². The van der Waals surface area contributed by atoms with Crippen molar-refractivity contribution in [2.45, 2.75) is 38.3 Å². The van der Waals surface area contributed by atoms with Crippen molar-refractivity contribution in [1.29, 1.82) is 0 Å². The number of anilines is 1. The van der Waals surface area contributed by atoms with Crippen LogP contribution in [0.1, 0.15) is 41.6 Å². The van der Waals surface area contributed by atoms with Gasteiger partial charge in [0.05, 0.1) is 12.1 Å². The van der Waals surface area contributed by atoms with Gasteiger partial charge in [0.15, 0.2) is 0 Å². The number of carboxylic acids is 1. The first-order valence-electron chi connectivity index (χ1n) is 9.57. The second kappa shape index (κ2) is 7.58. The van der Waals surface area contributed by atoms with Gasteiger partial charge in [0.25, 0.3) is 5.91 Å². The third-order valence-corrected chi connectivity index (χ3v) is 5.38. The van der Waals surface area contributed by atoms with Crippen molar-refractivity contribution >= 4 is 46.1 Å². The van der Waals surface area contributed by atoms with Crippen LogP contribution in [0.2, 0.25) is 0 Å². The Bertz CT molecular complexity index is 1110. The molecule has 2 heterocycles. The molecule has 9 nitrogen and oxygen atoms in total. The van der Waals surface area contributed by atoms with Crippen LogP contribution < -0.4 is 15.5 Å². The van der Waals surface area contributed by atoms with Crippen LogP contribution in [0.3, 0.4) is 0 Å². The zero-order valence-electron chi connectivity index (χ0n) is 15.9. The lowest BCUT2D eigenvalue weighted by atomic mass is 10.00. The van der Waals surface area contributed by atoms with Gasteiger partial charge in [0.2, 0.25) is 17.7 Å². The van der Waals surface area contributed by atoms with Gasteiger partial charge in [-0.05, 0) is 29.5 Å². The smallest absolute Gasteiger partial charge is 0.303 e. The Balaban J connectivity index is 1.63. The highest BCUT2D eigenvalue weighted by Gasteiger charge is 2.40. The molecule has 2 aliphatic heterocycles. The number of carbonyl (C=O) groups is 5. The normalized spacial score (nSPS) is 17.9. The van der Waals surface area contributed by atoms with E-state index >= 15 is 0 Å². The van der Waals surface area contributed by atoms with E-state index in [9.17, 15) is 24.0 Å². The van der Waals surface area contributed by atoms with Crippen LogP contribution in [-0.4, -0.2) is 40.7 Å². The van der Waals surface area contributed by atoms with Gasteiger partial charge in [-0.2, -0.15) is 0 Å². The number of aliphatic carboxylic acids is 1. The molecular formula is C21H19N3O6. The maximum absolute atomic E-state index is 13.1. The van der Waals surface area contributed by atoms with Gasteiger partial charge in [0, 0.05) is 30.3 Å². The van der Waals surface area contributed by atoms with Gasteiger partial charge >= 0.3 is 5.97 Å². The van der Waals surface area contributed by atoms with Crippen LogP contribution in [-0.2, 0) is 25.7 Å². The lowest BCUT2D eigenvalue weighted by Gasteiger charge is -2.30. The number of nitrogens with one attached hydrogen (secondary N) is 2. The number of hydrogen-bond acceptors (Lipinski definition) is 5. The molecule has 30 heavy (non-hydrogen) atoms. The third kappa shape index (κ3) is 3.38. The number of benzene rings is 2. The fraction of sp³-hybridized carbons (Fsp3) is 0.286. The number of carbonyl (C=O) groups excluding carboxylic acids is 4. The molecule has 0 bridgehead atoms. The lowest BCUT2D eigenvalue weighted by molar-refractivity contribution is -0.139. The number of amides is 4. The zero-order chi connectivity index (χ0) is 21.4. The van der Waals surface area contributed by atoms with E-state index in [2.05, 4.69) is 10.6 Å². The topological polar surface area (TPSA) is 133 Å². The van der Waals surface area contributed by atoms with E-state index in [-0.39, 0.29) is 49.9 Å². The molecule has 0 radical (unpaired) electrons. The first-order valence-corrected chi connectivity index (χ1v) is 9.57. The molecular weight excluding hydrogens is 390 g/mol. The van der Waals surface area contributed by atoms with Crippen LogP contribution in [0.15, 0.2) is 30.3 Å². The van der Waals surface area contributed by atoms with E-state index in [1.54, 1.807) is 24.3 Å². The van der Waals surface area contributed by atoms with Crippen molar-refractivity contribution in [3.63, 3.8) is 0 Å². The second-order valence-corrected chi connectivity index (χ2v) is 7.28. The Morgan fingerprint density at radius 3 is 2.67 bits per heavy atom. The fourth-order valence-electron chi connectivity index (χ4n) is 3.96. The Morgan fingerprint density at radius 2 is 1.93 bits per heavy atom. The largest absolute Gasteiger partial charge is 0.481 e. The first-order chi connectivity index (χ1) is 14.4. The van der Waals surface area contributed by atoms with Gasteiger partial charge in [-0.1, -0.05) is 18.2 Å². The SMILES string of the molecule is O=C(O)CCC(=O)NCc1ccc2c3c(cccc13)C(=O)N2C1CCC(=O)NC1=O. The molecule has 1 atom stereocenters. The van der Waals surface area contributed by atoms with E-state index in [1.165, 1.54) is 4.90 Å². The average molecular weight is 409 g/mol. The maximum Gasteiger partial charge on any atom is 0.303 e. The highest BCUT2D eigenvalue weighted by molar-refractivity contribution is 6.27. The molecule has 2 aromatic carbocycles. The van der Waals surface area contributed by atoms with Crippen molar-refractivity contribution < 1.29 is 29.1 Å². The predicted octanol–water partition coefficient (Wildman–Crippen LogP) is 1.09. The zero-order valence-corrected chi connectivity index (χ0v) is 15.9. The number of hydrogen-bond donors (Lipinski definition) is 3. The first kappa shape index (κ1) is 19.6. The number of imide groups is 1. The molecule has 9 heteroatoms. The monoisotopic (exact) mass is 409 g/mol. The summed E-state index contributed by atoms with van der Waals surface area (Å²) in [5.74, 6) is -2.55. The Kier molecular flexibility index (Phi) is 4.94. The number of carboxylic acid groups (broad SMARTS) is 1. The Morgan fingerprint density at radius 1 is 1.13 bits per heavy atom. The van der Waals surface area contributed by atoms with E-state index in [0.29, 0.717) is 16.6 Å². The Hall–Kier alpha value is -3.75. The molecule has 0 saturated carbocycles. The molecule has 0 spiro atoms. The van der Waals surface area contributed by atoms with Gasteiger partial charge in [-0.15, -0.1) is 0 Å². The minimum Gasteiger partial charge on any atom is -0.481 e. The third-order valence-electron chi connectivity index (χ3n) is 5.38. The maximum atomic E-state index is 13.1. The number of rotatable bonds is 6. The van der Waals surface area contributed by atoms with Gasteiger partial charge < -0.3 is 10.4 Å². The summed E-state index contributed by atoms with van der Waals surface area (Å²) in [4.78, 5) is 60.8. The summed E-state index contributed by atoms with van der Waals surface area (Å²) in [7, 11) is 0. The standard InChI is InChI=1S/C21H19N3O6/c25-16(8-9-18(27)28)22-10-11-4-5-14-19-12(11)2-1-3-13(19)21(30)24(14)15-6-7-17(26)23-20(15)29/h1-5,15H,6-10H2,(H,22,25)(H,27,28)(H,23,26,29). The van der Waals surface area contributed by atoms with Crippen LogP contribution in [0.5, 0.6) is 0 Å². The quantitative estimate of drug-likeness (QED) is 0.612. The molecule has 4 amide bonds. The summed E-state index contributed by atoms with van der Waals surface area (Å²) in [6.07, 6.45) is 0.0663. The summed E-state index contributed by atoms with van der Waals surface area (Å²) in [6, 6.07) is 8.02. The average Bonchev–Trinajstić information content (AvgIpc) is 2.99. The summed E-state index contributed by atoms with van der Waals surface area (Å²) in [6.45, 7) is 0.186. The summed E-state index contributed by atoms with van der Waals surface area (Å²) >= 11 is 0. The predicted molar refractivity (Wildman–Crippen MR) is 106 cm³/mol. The number of nitrogens with zero attached hydrogens (tertiary/aromatic N) is 1. The van der Waals surface area contributed by atoms with Crippen molar-refractivity contribution in [2.75, 3.05) is 4.90 Å². The van der Waals surface area contributed by atoms with Gasteiger partial charge in [-0.25, -0.2) is 0 Å². The van der Waals surface area contributed by atoms with E-state index in [4.69, 9.17) is 5.11 Å². The second-order valence-electron chi connectivity index (χ2n) is 7.28. The Labute approximate surface area is 171 Å². The van der Waals surface area contributed by atoms with Crippen molar-refractivity contribution in [3.05, 3.63) is 41.5 Å². The van der Waals surface area contributed by atoms with Crippen LogP contribution >= 0.6 is 0 Å². The highest BCUT2D eigenvalue weighted by Crippen LogP contribution is 2.40. The van der Waals surface area contributed by atoms with Crippen LogP contribution in [0.4, 0.5) is 5.69 Å². The van der Waals surface area contributed by atoms with Gasteiger partial charge in [-0.3, -0.25) is 34.2 Å². The molecule has 1 unspecified atom stereocenters. The molecule has 0 aromatic heterocycles. The summed E-state index contributed by atoms with van der Waals surface area (Å²) in [5.41, 5.74) is 1.84. The molecule has 3 N–H and O–H groups in total. The molecule has 2 aromatic rings. The van der Waals surface area contributed by atoms with E-state index < -0.39 is 17.9 Å². The molecule has 1 fully saturated rings. The fourth-order valence-corrected chi connectivity index (χ4v) is 3.96. The minimum absolute atomic E-state index is 0.113. The molecule has 1 saturated heterocycles. The van der Waals surface area contributed by atoms with Crippen LogP contribution in [0, 0.1) is 0 Å². The molecule has 4 rings (SSSR count). The summed E-state index contributed by atoms with van der Waals surface area (Å²) in [5, 5.41) is 15.1. The van der Waals surface area contributed by atoms with E-state index in [1.807, 2.05) is 6.07 Å². The lowest BCUT2D eigenvalue weighted by Crippen LogP contribution is -2.53.